The maximum absolute atomic E-state index is 12.8. The summed E-state index contributed by atoms with van der Waals surface area (Å²) < 4.78 is 18.9. The highest BCUT2D eigenvalue weighted by Crippen LogP contribution is 2.33. The van der Waals surface area contributed by atoms with Gasteiger partial charge in [-0.15, -0.1) is 0 Å². The molecule has 0 radical (unpaired) electrons. The summed E-state index contributed by atoms with van der Waals surface area (Å²) in [5.41, 5.74) is 3.92. The summed E-state index contributed by atoms with van der Waals surface area (Å²) in [6.45, 7) is 5.79. The molecule has 1 aromatic heterocycles. The van der Waals surface area contributed by atoms with Gasteiger partial charge in [-0.3, -0.25) is 4.79 Å². The third-order valence-corrected chi connectivity index (χ3v) is 4.94. The first kappa shape index (κ1) is 18.2. The molecule has 0 N–H and O–H groups in total. The van der Waals surface area contributed by atoms with Crippen molar-refractivity contribution in [2.24, 2.45) is 0 Å². The van der Waals surface area contributed by atoms with Crippen LogP contribution in [0.3, 0.4) is 0 Å². The highest BCUT2D eigenvalue weighted by atomic mass is 16.6. The van der Waals surface area contributed by atoms with Crippen molar-refractivity contribution in [3.05, 3.63) is 77.1 Å². The van der Waals surface area contributed by atoms with Gasteiger partial charge in [0.2, 0.25) is 5.78 Å². The van der Waals surface area contributed by atoms with Crippen LogP contribution in [-0.2, 0) is 6.54 Å². The van der Waals surface area contributed by atoms with Crippen LogP contribution in [0.5, 0.6) is 17.2 Å². The van der Waals surface area contributed by atoms with E-state index in [-0.39, 0.29) is 12.4 Å². The Balaban J connectivity index is 1.46. The number of nitrogens with zero attached hydrogens (tertiary/aromatic N) is 1. The van der Waals surface area contributed by atoms with Crippen molar-refractivity contribution in [3.8, 4) is 17.2 Å². The summed E-state index contributed by atoms with van der Waals surface area (Å²) >= 11 is 0. The van der Waals surface area contributed by atoms with Gasteiger partial charge in [0.1, 0.15) is 19.0 Å². The first-order valence-electron chi connectivity index (χ1n) is 9.38. The lowest BCUT2D eigenvalue weighted by Crippen LogP contribution is -2.16. The van der Waals surface area contributed by atoms with Gasteiger partial charge >= 0.3 is 0 Å². The van der Waals surface area contributed by atoms with Crippen molar-refractivity contribution in [1.29, 1.82) is 0 Å². The van der Waals surface area contributed by atoms with Crippen molar-refractivity contribution in [2.75, 3.05) is 19.8 Å². The van der Waals surface area contributed by atoms with Crippen LogP contribution in [0, 0.1) is 13.8 Å². The minimum Gasteiger partial charge on any atom is -0.486 e. The number of benzene rings is 2. The normalized spacial score (nSPS) is 12.6. The number of hydrogen-bond donors (Lipinski definition) is 0. The number of carbonyl (C=O) groups excluding carboxylic acids is 1. The van der Waals surface area contributed by atoms with Crippen LogP contribution in [0.25, 0.3) is 0 Å². The second-order valence-corrected chi connectivity index (χ2v) is 6.87. The number of hydrogen-bond acceptors (Lipinski definition) is 4. The number of aromatic nitrogens is 1. The molecular formula is C23H23NO4. The van der Waals surface area contributed by atoms with E-state index in [4.69, 9.17) is 14.2 Å². The van der Waals surface area contributed by atoms with E-state index in [2.05, 4.69) is 16.7 Å². The molecule has 2 heterocycles. The summed E-state index contributed by atoms with van der Waals surface area (Å²) in [4.78, 5) is 12.8. The largest absolute Gasteiger partial charge is 0.486 e. The summed E-state index contributed by atoms with van der Waals surface area (Å²) in [5, 5.41) is 0. The molecule has 0 saturated heterocycles. The van der Waals surface area contributed by atoms with Crippen LogP contribution in [0.1, 0.15) is 27.3 Å². The third kappa shape index (κ3) is 3.74. The Kier molecular flexibility index (Phi) is 5.06. The Morgan fingerprint density at radius 3 is 2.54 bits per heavy atom. The van der Waals surface area contributed by atoms with Crippen molar-refractivity contribution < 1.29 is 19.0 Å². The Morgan fingerprint density at radius 1 is 1.00 bits per heavy atom. The Morgan fingerprint density at radius 2 is 1.75 bits per heavy atom. The van der Waals surface area contributed by atoms with Gasteiger partial charge in [-0.05, 0) is 37.6 Å². The molecule has 0 amide bonds. The average Bonchev–Trinajstić information content (AvgIpc) is 3.01. The molecule has 0 atom stereocenters. The first-order valence-corrected chi connectivity index (χ1v) is 9.38. The topological polar surface area (TPSA) is 49.7 Å². The van der Waals surface area contributed by atoms with Gasteiger partial charge in [0, 0.05) is 29.6 Å². The van der Waals surface area contributed by atoms with Crippen LogP contribution in [0.2, 0.25) is 0 Å². The van der Waals surface area contributed by atoms with Gasteiger partial charge in [-0.25, -0.2) is 0 Å². The molecule has 3 aromatic rings. The highest BCUT2D eigenvalue weighted by molar-refractivity contribution is 5.98. The number of rotatable bonds is 6. The monoisotopic (exact) mass is 377 g/mol. The fraction of sp³-hybridized carbons (Fsp3) is 0.261. The van der Waals surface area contributed by atoms with Gasteiger partial charge in [0.15, 0.2) is 18.1 Å². The molecule has 0 saturated carbocycles. The van der Waals surface area contributed by atoms with Crippen molar-refractivity contribution in [3.63, 3.8) is 0 Å². The number of aryl methyl sites for hydroxylation is 1. The zero-order chi connectivity index (χ0) is 19.5. The predicted octanol–water partition coefficient (Wildman–Crippen LogP) is 4.19. The van der Waals surface area contributed by atoms with Gasteiger partial charge in [-0.2, -0.15) is 0 Å². The van der Waals surface area contributed by atoms with E-state index in [9.17, 15) is 4.79 Å². The second kappa shape index (κ2) is 7.80. The fourth-order valence-corrected chi connectivity index (χ4v) is 3.43. The lowest BCUT2D eigenvalue weighted by atomic mass is 10.1. The van der Waals surface area contributed by atoms with E-state index in [1.165, 1.54) is 5.56 Å². The molecule has 5 nitrogen and oxygen atoms in total. The zero-order valence-corrected chi connectivity index (χ0v) is 16.1. The number of ketones is 1. The van der Waals surface area contributed by atoms with E-state index in [0.717, 1.165) is 17.9 Å². The summed E-state index contributed by atoms with van der Waals surface area (Å²) in [6.07, 6.45) is 0. The number of carbonyl (C=O) groups is 1. The molecule has 28 heavy (non-hydrogen) atoms. The molecule has 0 aliphatic carbocycles. The van der Waals surface area contributed by atoms with Crippen LogP contribution in [-0.4, -0.2) is 30.2 Å². The van der Waals surface area contributed by atoms with Gasteiger partial charge in [0.25, 0.3) is 0 Å². The van der Waals surface area contributed by atoms with Crippen molar-refractivity contribution in [2.45, 2.75) is 20.4 Å². The van der Waals surface area contributed by atoms with E-state index < -0.39 is 0 Å². The minimum absolute atomic E-state index is 0.0186. The summed E-state index contributed by atoms with van der Waals surface area (Å²) in [6, 6.07) is 17.5. The molecule has 2 aromatic carbocycles. The smallest absolute Gasteiger partial charge is 0.202 e. The molecule has 0 unspecified atom stereocenters. The second-order valence-electron chi connectivity index (χ2n) is 6.87. The van der Waals surface area contributed by atoms with Gasteiger partial charge in [-0.1, -0.05) is 30.3 Å². The SMILES string of the molecule is Cc1cc(C(=O)COc2ccc3c(c2)OCCO3)c(C)n1Cc1ccccc1. The standard InChI is InChI=1S/C23H23NO4/c1-16-12-20(17(2)24(16)14-18-6-4-3-5-7-18)21(25)15-28-19-8-9-22-23(13-19)27-11-10-26-22/h3-9,12-13H,10-11,14-15H2,1-2H3. The van der Waals surface area contributed by atoms with Crippen LogP contribution < -0.4 is 14.2 Å². The van der Waals surface area contributed by atoms with Gasteiger partial charge in [0.05, 0.1) is 0 Å². The molecular weight excluding hydrogens is 354 g/mol. The van der Waals surface area contributed by atoms with Crippen LogP contribution in [0.15, 0.2) is 54.6 Å². The molecule has 1 aliphatic heterocycles. The first-order chi connectivity index (χ1) is 13.6. The van der Waals surface area contributed by atoms with Crippen molar-refractivity contribution in [1.82, 2.24) is 4.57 Å². The van der Waals surface area contributed by atoms with Crippen LogP contribution in [0.4, 0.5) is 0 Å². The maximum Gasteiger partial charge on any atom is 0.202 e. The van der Waals surface area contributed by atoms with E-state index >= 15 is 0 Å². The maximum atomic E-state index is 12.8. The van der Waals surface area contributed by atoms with Gasteiger partial charge < -0.3 is 18.8 Å². The third-order valence-electron chi connectivity index (χ3n) is 4.94. The fourth-order valence-electron chi connectivity index (χ4n) is 3.43. The minimum atomic E-state index is -0.0395. The average molecular weight is 377 g/mol. The summed E-state index contributed by atoms with van der Waals surface area (Å²) in [7, 11) is 0. The number of ether oxygens (including phenoxy) is 3. The quantitative estimate of drug-likeness (QED) is 0.605. The lowest BCUT2D eigenvalue weighted by molar-refractivity contribution is 0.0920. The lowest BCUT2D eigenvalue weighted by Gasteiger charge is -2.18. The van der Waals surface area contributed by atoms with E-state index in [1.807, 2.05) is 38.1 Å². The number of Topliss-reactive ketones (excluding diaryl/α,β-unsaturated/α-hetero) is 1. The molecule has 1 aliphatic rings. The molecule has 0 fully saturated rings. The van der Waals surface area contributed by atoms with Crippen molar-refractivity contribution >= 4 is 5.78 Å². The molecule has 5 heteroatoms. The summed E-state index contributed by atoms with van der Waals surface area (Å²) in [5.74, 6) is 1.91. The highest BCUT2D eigenvalue weighted by Gasteiger charge is 2.17. The Labute approximate surface area is 164 Å². The Hall–Kier alpha value is -3.21. The van der Waals surface area contributed by atoms with E-state index in [1.54, 1.807) is 18.2 Å². The predicted molar refractivity (Wildman–Crippen MR) is 107 cm³/mol. The zero-order valence-electron chi connectivity index (χ0n) is 16.1. The molecule has 4 rings (SSSR count). The van der Waals surface area contributed by atoms with Crippen LogP contribution >= 0.6 is 0 Å². The molecule has 144 valence electrons. The molecule has 0 spiro atoms. The van der Waals surface area contributed by atoms with E-state index in [0.29, 0.717) is 36.0 Å². The Bertz CT molecular complexity index is 991. The number of fused-ring (bicyclic) bond motifs is 1. The molecule has 0 bridgehead atoms.